The van der Waals surface area contributed by atoms with Gasteiger partial charge in [0.05, 0.1) is 18.4 Å². The lowest BCUT2D eigenvalue weighted by Gasteiger charge is -2.47. The molecule has 39 heavy (non-hydrogen) atoms. The first-order valence-corrected chi connectivity index (χ1v) is 15.6. The number of rotatable bonds is 7. The predicted molar refractivity (Wildman–Crippen MR) is 150 cm³/mol. The maximum atomic E-state index is 14.0. The Bertz CT molecular complexity index is 1570. The molecule has 1 spiro atoms. The van der Waals surface area contributed by atoms with E-state index in [4.69, 9.17) is 11.6 Å². The predicted octanol–water partition coefficient (Wildman–Crippen LogP) is 3.06. The van der Waals surface area contributed by atoms with Crippen molar-refractivity contribution in [2.24, 2.45) is 0 Å². The summed E-state index contributed by atoms with van der Waals surface area (Å²) in [6.07, 6.45) is 2.45. The Morgan fingerprint density at radius 3 is 2.62 bits per heavy atom. The van der Waals surface area contributed by atoms with Crippen LogP contribution in [-0.4, -0.2) is 72.2 Å². The van der Waals surface area contributed by atoms with Gasteiger partial charge in [-0.05, 0) is 55.2 Å². The number of benzene rings is 2. The van der Waals surface area contributed by atoms with E-state index in [1.54, 1.807) is 9.80 Å². The highest BCUT2D eigenvalue weighted by Crippen LogP contribution is 2.48. The van der Waals surface area contributed by atoms with Gasteiger partial charge in [-0.2, -0.15) is 0 Å². The summed E-state index contributed by atoms with van der Waals surface area (Å²) in [5, 5.41) is 14.0. The van der Waals surface area contributed by atoms with E-state index >= 15 is 0 Å². The molecule has 3 amide bonds. The van der Waals surface area contributed by atoms with Crippen LogP contribution < -0.4 is 10.2 Å². The van der Waals surface area contributed by atoms with Crippen molar-refractivity contribution in [2.45, 2.75) is 49.9 Å². The molecular weight excluding hydrogens is 540 g/mol. The van der Waals surface area contributed by atoms with Gasteiger partial charge >= 0.3 is 6.03 Å². The number of carbonyl (C=O) groups is 2. The molecule has 3 heterocycles. The van der Waals surface area contributed by atoms with Crippen LogP contribution in [0.5, 0.6) is 0 Å². The van der Waals surface area contributed by atoms with Crippen molar-refractivity contribution in [2.75, 3.05) is 30.0 Å². The van der Waals surface area contributed by atoms with E-state index in [2.05, 4.69) is 9.88 Å². The topological polar surface area (TPSA) is 112 Å². The zero-order valence-electron chi connectivity index (χ0n) is 21.6. The average molecular weight is 571 g/mol. The number of likely N-dealkylation sites (tertiary alicyclic amines) is 1. The molecular formula is C28H31ClN4O5S. The van der Waals surface area contributed by atoms with E-state index in [0.29, 0.717) is 50.5 Å². The van der Waals surface area contributed by atoms with E-state index < -0.39 is 15.3 Å². The Morgan fingerprint density at radius 1 is 1.15 bits per heavy atom. The summed E-state index contributed by atoms with van der Waals surface area (Å²) in [4.78, 5) is 30.2. The van der Waals surface area contributed by atoms with Crippen LogP contribution in [0.2, 0.25) is 5.02 Å². The first-order valence-electron chi connectivity index (χ1n) is 13.1. The molecule has 11 heteroatoms. The van der Waals surface area contributed by atoms with E-state index in [1.807, 2.05) is 48.5 Å². The van der Waals surface area contributed by atoms with Gasteiger partial charge in [0, 0.05) is 59.2 Å². The van der Waals surface area contributed by atoms with E-state index in [9.17, 15) is 23.1 Å². The number of urea groups is 1. The van der Waals surface area contributed by atoms with Crippen molar-refractivity contribution in [1.29, 1.82) is 0 Å². The van der Waals surface area contributed by atoms with Crippen molar-refractivity contribution in [1.82, 2.24) is 14.8 Å². The monoisotopic (exact) mass is 570 g/mol. The third-order valence-electron chi connectivity index (χ3n) is 8.18. The van der Waals surface area contributed by atoms with Gasteiger partial charge in [-0.1, -0.05) is 29.8 Å². The third-order valence-corrected chi connectivity index (χ3v) is 9.45. The van der Waals surface area contributed by atoms with Crippen LogP contribution >= 0.6 is 11.6 Å². The molecule has 9 nitrogen and oxygen atoms in total. The van der Waals surface area contributed by atoms with Gasteiger partial charge < -0.3 is 24.8 Å². The zero-order valence-corrected chi connectivity index (χ0v) is 23.2. The molecule has 0 bridgehead atoms. The number of anilines is 1. The van der Waals surface area contributed by atoms with Gasteiger partial charge in [-0.3, -0.25) is 4.79 Å². The molecule has 2 aliphatic heterocycles. The lowest BCUT2D eigenvalue weighted by atomic mass is 9.74. The fourth-order valence-electron chi connectivity index (χ4n) is 6.12. The standard InChI is InChI=1S/C28H31ClN4O5S/c1-39(37,38)10-4-9-32-21(12-18-11-19(29)7-8-24(18)32)15-33-25-6-3-2-5-23(25)28(26(33)35)16-31(17-28)27(36)30-20-13-22(34)14-20/h2-3,5-8,11-12,20,22,34H,4,9-10,13-17H2,1H3,(H,30,36)/t20-,22-. The maximum Gasteiger partial charge on any atom is 0.317 e. The molecule has 3 aliphatic rings. The number of hydrogen-bond acceptors (Lipinski definition) is 5. The minimum atomic E-state index is -3.10. The molecule has 3 aromatic rings. The lowest BCUT2D eigenvalue weighted by molar-refractivity contribution is -0.128. The SMILES string of the molecule is CS(=O)(=O)CCCn1c(CN2C(=O)C3(CN(C(=O)N[C@H]4C[C@H](O)C4)C3)c3ccccc32)cc2cc(Cl)ccc21. The highest BCUT2D eigenvalue weighted by atomic mass is 35.5. The molecule has 6 rings (SSSR count). The van der Waals surface area contributed by atoms with Crippen molar-refractivity contribution in [3.05, 3.63) is 64.8 Å². The smallest absolute Gasteiger partial charge is 0.317 e. The number of aliphatic hydroxyl groups excluding tert-OH is 1. The lowest BCUT2D eigenvalue weighted by Crippen LogP contribution is -2.67. The number of aryl methyl sites for hydroxylation is 1. The first kappa shape index (κ1) is 26.2. The van der Waals surface area contributed by atoms with Crippen molar-refractivity contribution < 1.29 is 23.1 Å². The van der Waals surface area contributed by atoms with Crippen LogP contribution in [0.15, 0.2) is 48.5 Å². The summed E-state index contributed by atoms with van der Waals surface area (Å²) < 4.78 is 25.6. The number of nitrogens with zero attached hydrogens (tertiary/aromatic N) is 3. The second-order valence-electron chi connectivity index (χ2n) is 11.1. The third kappa shape index (κ3) is 4.68. The number of nitrogens with one attached hydrogen (secondary N) is 1. The molecule has 1 aliphatic carbocycles. The minimum Gasteiger partial charge on any atom is -0.393 e. The van der Waals surface area contributed by atoms with Gasteiger partial charge in [0.15, 0.2) is 0 Å². The molecule has 2 N–H and O–H groups in total. The summed E-state index contributed by atoms with van der Waals surface area (Å²) >= 11 is 6.26. The number of aliphatic hydroxyl groups is 1. The Labute approximate surface area is 232 Å². The van der Waals surface area contributed by atoms with Crippen molar-refractivity contribution in [3.63, 3.8) is 0 Å². The molecule has 2 aromatic carbocycles. The van der Waals surface area contributed by atoms with E-state index in [0.717, 1.165) is 27.8 Å². The van der Waals surface area contributed by atoms with Crippen LogP contribution in [0.3, 0.4) is 0 Å². The van der Waals surface area contributed by atoms with E-state index in [-0.39, 0.29) is 29.8 Å². The quantitative estimate of drug-likeness (QED) is 0.453. The average Bonchev–Trinajstić information content (AvgIpc) is 3.28. The fourth-order valence-corrected chi connectivity index (χ4v) is 6.95. The van der Waals surface area contributed by atoms with Gasteiger partial charge in [0.25, 0.3) is 0 Å². The van der Waals surface area contributed by atoms with Gasteiger partial charge in [0.1, 0.15) is 15.3 Å². The summed E-state index contributed by atoms with van der Waals surface area (Å²) in [5.41, 5.74) is 2.78. The van der Waals surface area contributed by atoms with Gasteiger partial charge in [-0.25, -0.2) is 13.2 Å². The van der Waals surface area contributed by atoms with Crippen LogP contribution in [0.25, 0.3) is 10.9 Å². The van der Waals surface area contributed by atoms with Crippen LogP contribution in [0, 0.1) is 0 Å². The summed E-state index contributed by atoms with van der Waals surface area (Å²) in [7, 11) is -3.10. The maximum absolute atomic E-state index is 14.0. The molecule has 1 aromatic heterocycles. The van der Waals surface area contributed by atoms with E-state index in [1.165, 1.54) is 6.26 Å². The summed E-state index contributed by atoms with van der Waals surface area (Å²) in [5.74, 6) is 0.0317. The number of para-hydroxylation sites is 1. The van der Waals surface area contributed by atoms with Gasteiger partial charge in [0.2, 0.25) is 5.91 Å². The second kappa shape index (κ2) is 9.53. The van der Waals surface area contributed by atoms with Crippen LogP contribution in [0.4, 0.5) is 10.5 Å². The summed E-state index contributed by atoms with van der Waals surface area (Å²) in [6.45, 7) is 1.40. The van der Waals surface area contributed by atoms with Crippen LogP contribution in [0.1, 0.15) is 30.5 Å². The Morgan fingerprint density at radius 2 is 1.90 bits per heavy atom. The molecule has 0 atom stereocenters. The number of amides is 3. The van der Waals surface area contributed by atoms with Crippen LogP contribution in [-0.2, 0) is 33.1 Å². The first-order chi connectivity index (χ1) is 18.5. The number of sulfone groups is 1. The van der Waals surface area contributed by atoms with Crippen molar-refractivity contribution >= 4 is 50.0 Å². The summed E-state index contributed by atoms with van der Waals surface area (Å²) in [6, 6.07) is 15.1. The number of fused-ring (bicyclic) bond motifs is 3. The minimum absolute atomic E-state index is 0.0229. The molecule has 2 fully saturated rings. The Hall–Kier alpha value is -3.08. The molecule has 0 radical (unpaired) electrons. The number of hydrogen-bond donors (Lipinski definition) is 2. The molecule has 206 valence electrons. The molecule has 1 saturated carbocycles. The molecule has 0 unspecified atom stereocenters. The zero-order chi connectivity index (χ0) is 27.5. The Balaban J connectivity index is 1.26. The number of halogens is 1. The highest BCUT2D eigenvalue weighted by molar-refractivity contribution is 7.90. The molecule has 1 saturated heterocycles. The highest BCUT2D eigenvalue weighted by Gasteiger charge is 2.59. The fraction of sp³-hybridized carbons (Fsp3) is 0.429. The van der Waals surface area contributed by atoms with Gasteiger partial charge in [-0.15, -0.1) is 0 Å². The largest absolute Gasteiger partial charge is 0.393 e. The van der Waals surface area contributed by atoms with Crippen molar-refractivity contribution in [3.8, 4) is 0 Å². The Kier molecular flexibility index (Phi) is 6.39. The number of carbonyl (C=O) groups excluding carboxylic acids is 2. The second-order valence-corrected chi connectivity index (χ2v) is 13.8. The number of aromatic nitrogens is 1. The normalized spacial score (nSPS) is 21.7.